The van der Waals surface area contributed by atoms with Crippen LogP contribution in [-0.4, -0.2) is 75.2 Å². The number of carbonyl (C=O) groups excluding carboxylic acids is 1. The van der Waals surface area contributed by atoms with Crippen LogP contribution in [0.4, 0.5) is 18.0 Å². The summed E-state index contributed by atoms with van der Waals surface area (Å²) in [7, 11) is -0.704. The van der Waals surface area contributed by atoms with E-state index >= 15 is 0 Å². The summed E-state index contributed by atoms with van der Waals surface area (Å²) in [5, 5.41) is 19.7. The molecule has 0 spiro atoms. The standard InChI is InChI=1S/C24H32BF3N2O6/c1-21(2)22(3,4)36-25(35-21)15-11-14-8-10-29(19(31)23(5,34)24(26,27)28)13-17(14)16(12-15)18-7-6-9-30(18)20(32)33/h11-12,18,34H,6-10,13H2,1-5H3,(H,32,33)/t18-,23-/m0/s1. The summed E-state index contributed by atoms with van der Waals surface area (Å²) < 4.78 is 52.5. The first-order valence-electron chi connectivity index (χ1n) is 12.1. The predicted octanol–water partition coefficient (Wildman–Crippen LogP) is 3.00. The van der Waals surface area contributed by atoms with Crippen LogP contribution >= 0.6 is 0 Å². The van der Waals surface area contributed by atoms with Crippen LogP contribution < -0.4 is 5.46 Å². The topological polar surface area (TPSA) is 99.5 Å². The molecular weight excluding hydrogens is 480 g/mol. The van der Waals surface area contributed by atoms with Crippen molar-refractivity contribution in [2.75, 3.05) is 13.1 Å². The average Bonchev–Trinajstić information content (AvgIpc) is 3.33. The van der Waals surface area contributed by atoms with Crippen molar-refractivity contribution < 1.29 is 42.3 Å². The number of hydrogen-bond donors (Lipinski definition) is 2. The van der Waals surface area contributed by atoms with Crippen LogP contribution in [0.25, 0.3) is 0 Å². The quantitative estimate of drug-likeness (QED) is 0.605. The molecule has 1 aromatic rings. The molecule has 0 bridgehead atoms. The SMILES string of the molecule is CC1(C)OB(c2cc3c(c([C@@H]4CCCN4C(=O)O)c2)CN(C(=O)[C@](C)(O)C(F)(F)F)CC3)OC1(C)C. The molecule has 4 rings (SSSR count). The highest BCUT2D eigenvalue weighted by molar-refractivity contribution is 6.62. The van der Waals surface area contributed by atoms with Crippen molar-refractivity contribution in [1.29, 1.82) is 0 Å². The van der Waals surface area contributed by atoms with Gasteiger partial charge in [0.2, 0.25) is 5.60 Å². The molecule has 3 heterocycles. The number of aliphatic hydroxyl groups is 1. The Kier molecular flexibility index (Phi) is 6.41. The van der Waals surface area contributed by atoms with Crippen molar-refractivity contribution >= 4 is 24.6 Å². The molecule has 36 heavy (non-hydrogen) atoms. The Morgan fingerprint density at radius 1 is 1.11 bits per heavy atom. The maximum absolute atomic E-state index is 13.4. The maximum atomic E-state index is 13.4. The van der Waals surface area contributed by atoms with E-state index in [9.17, 15) is 33.0 Å². The van der Waals surface area contributed by atoms with Gasteiger partial charge in [0, 0.05) is 19.6 Å². The molecule has 2 atom stereocenters. The highest BCUT2D eigenvalue weighted by atomic mass is 19.4. The molecule has 0 unspecified atom stereocenters. The summed E-state index contributed by atoms with van der Waals surface area (Å²) in [5.41, 5.74) is -1.99. The first kappa shape index (κ1) is 26.7. The number of halogens is 3. The number of alkyl halides is 3. The third-order valence-electron chi connectivity index (χ3n) is 8.04. The minimum atomic E-state index is -5.13. The Bertz CT molecular complexity index is 1060. The van der Waals surface area contributed by atoms with E-state index in [1.165, 1.54) is 4.90 Å². The molecule has 0 saturated carbocycles. The lowest BCUT2D eigenvalue weighted by Crippen LogP contribution is -2.57. The van der Waals surface area contributed by atoms with Crippen LogP contribution in [0.3, 0.4) is 0 Å². The first-order valence-corrected chi connectivity index (χ1v) is 12.1. The monoisotopic (exact) mass is 512 g/mol. The largest absolute Gasteiger partial charge is 0.494 e. The van der Waals surface area contributed by atoms with Gasteiger partial charge >= 0.3 is 19.4 Å². The highest BCUT2D eigenvalue weighted by Crippen LogP contribution is 2.40. The molecule has 2 amide bonds. The number of rotatable bonds is 3. The minimum Gasteiger partial charge on any atom is -0.465 e. The fraction of sp³-hybridized carbons (Fsp3) is 0.667. The van der Waals surface area contributed by atoms with Crippen LogP contribution in [0, 0.1) is 0 Å². The number of nitrogens with zero attached hydrogens (tertiary/aromatic N) is 2. The normalized spacial score (nSPS) is 25.0. The molecule has 3 aliphatic heterocycles. The smallest absolute Gasteiger partial charge is 0.465 e. The van der Waals surface area contributed by atoms with Gasteiger partial charge in [-0.2, -0.15) is 13.2 Å². The van der Waals surface area contributed by atoms with Crippen LogP contribution in [0.2, 0.25) is 0 Å². The third-order valence-corrected chi connectivity index (χ3v) is 8.04. The number of fused-ring (bicyclic) bond motifs is 1. The van der Waals surface area contributed by atoms with Crippen molar-refractivity contribution in [3.05, 3.63) is 28.8 Å². The van der Waals surface area contributed by atoms with Crippen molar-refractivity contribution in [3.63, 3.8) is 0 Å². The van der Waals surface area contributed by atoms with E-state index in [0.29, 0.717) is 42.9 Å². The van der Waals surface area contributed by atoms with Gasteiger partial charge < -0.3 is 29.3 Å². The van der Waals surface area contributed by atoms with Crippen LogP contribution in [-0.2, 0) is 27.1 Å². The zero-order chi connectivity index (χ0) is 26.8. The molecule has 198 valence electrons. The molecule has 2 fully saturated rings. The Hall–Kier alpha value is -2.31. The number of likely N-dealkylation sites (tertiary alicyclic amines) is 1. The second kappa shape index (κ2) is 8.63. The molecule has 0 radical (unpaired) electrons. The van der Waals surface area contributed by atoms with E-state index in [4.69, 9.17) is 9.31 Å². The van der Waals surface area contributed by atoms with Crippen LogP contribution in [0.5, 0.6) is 0 Å². The zero-order valence-corrected chi connectivity index (χ0v) is 21.1. The second-order valence-corrected chi connectivity index (χ2v) is 11.0. The van der Waals surface area contributed by atoms with Crippen LogP contribution in [0.1, 0.15) is 70.2 Å². The summed E-state index contributed by atoms with van der Waals surface area (Å²) in [6.07, 6.45) is -4.79. The second-order valence-electron chi connectivity index (χ2n) is 11.0. The summed E-state index contributed by atoms with van der Waals surface area (Å²) in [6.45, 7) is 8.30. The van der Waals surface area contributed by atoms with Gasteiger partial charge in [0.1, 0.15) is 0 Å². The summed E-state index contributed by atoms with van der Waals surface area (Å²) >= 11 is 0. The molecule has 2 saturated heterocycles. The lowest BCUT2D eigenvalue weighted by molar-refractivity contribution is -0.250. The van der Waals surface area contributed by atoms with Gasteiger partial charge in [-0.1, -0.05) is 12.1 Å². The van der Waals surface area contributed by atoms with E-state index in [0.717, 1.165) is 10.5 Å². The molecule has 8 nitrogen and oxygen atoms in total. The average molecular weight is 512 g/mol. The lowest BCUT2D eigenvalue weighted by Gasteiger charge is -2.37. The Labute approximate surface area is 208 Å². The van der Waals surface area contributed by atoms with Crippen molar-refractivity contribution in [1.82, 2.24) is 9.80 Å². The van der Waals surface area contributed by atoms with Gasteiger partial charge in [-0.25, -0.2) is 4.79 Å². The summed E-state index contributed by atoms with van der Waals surface area (Å²) in [6, 6.07) is 3.14. The lowest BCUT2D eigenvalue weighted by atomic mass is 9.74. The van der Waals surface area contributed by atoms with E-state index in [1.54, 1.807) is 6.07 Å². The van der Waals surface area contributed by atoms with Gasteiger partial charge in [-0.05, 0) is 76.0 Å². The predicted molar refractivity (Wildman–Crippen MR) is 125 cm³/mol. The number of carbonyl (C=O) groups is 2. The number of carboxylic acid groups (broad SMARTS) is 1. The minimum absolute atomic E-state index is 0.0162. The molecule has 3 aliphatic rings. The molecule has 1 aromatic carbocycles. The van der Waals surface area contributed by atoms with E-state index in [2.05, 4.69) is 0 Å². The fourth-order valence-corrected chi connectivity index (χ4v) is 5.06. The Balaban J connectivity index is 1.76. The van der Waals surface area contributed by atoms with E-state index < -0.39 is 48.1 Å². The molecule has 0 aromatic heterocycles. The van der Waals surface area contributed by atoms with Crippen LogP contribution in [0.15, 0.2) is 12.1 Å². The third kappa shape index (κ3) is 4.37. The Morgan fingerprint density at radius 2 is 1.72 bits per heavy atom. The number of amides is 2. The molecule has 2 N–H and O–H groups in total. The highest BCUT2D eigenvalue weighted by Gasteiger charge is 2.57. The number of hydrogen-bond acceptors (Lipinski definition) is 5. The van der Waals surface area contributed by atoms with E-state index in [1.807, 2.05) is 33.8 Å². The number of benzene rings is 1. The molecule has 12 heteroatoms. The van der Waals surface area contributed by atoms with Crippen molar-refractivity contribution in [2.24, 2.45) is 0 Å². The zero-order valence-electron chi connectivity index (χ0n) is 21.1. The fourth-order valence-electron chi connectivity index (χ4n) is 5.06. The molecular formula is C24H32BF3N2O6. The van der Waals surface area contributed by atoms with Gasteiger partial charge in [0.15, 0.2) is 0 Å². The first-order chi connectivity index (χ1) is 16.5. The van der Waals surface area contributed by atoms with Gasteiger partial charge in [0.25, 0.3) is 5.91 Å². The van der Waals surface area contributed by atoms with Gasteiger partial charge in [-0.3, -0.25) is 4.79 Å². The summed E-state index contributed by atoms with van der Waals surface area (Å²) in [4.78, 5) is 27.0. The van der Waals surface area contributed by atoms with E-state index in [-0.39, 0.29) is 19.5 Å². The summed E-state index contributed by atoms with van der Waals surface area (Å²) in [5.74, 6) is -1.43. The molecule has 0 aliphatic carbocycles. The van der Waals surface area contributed by atoms with Crippen molar-refractivity contribution in [3.8, 4) is 0 Å². The Morgan fingerprint density at radius 3 is 2.28 bits per heavy atom. The van der Waals surface area contributed by atoms with Gasteiger partial charge in [-0.15, -0.1) is 0 Å². The maximum Gasteiger partial charge on any atom is 0.494 e. The van der Waals surface area contributed by atoms with Crippen molar-refractivity contribution in [2.45, 2.75) is 89.4 Å². The van der Waals surface area contributed by atoms with Gasteiger partial charge in [0.05, 0.1) is 17.2 Å².